The molecule has 0 radical (unpaired) electrons. The van der Waals surface area contributed by atoms with Crippen molar-refractivity contribution < 1.29 is 19.4 Å². The van der Waals surface area contributed by atoms with Crippen molar-refractivity contribution >= 4 is 18.0 Å². The molecule has 2 atom stereocenters. The molecule has 1 heterocycles. The highest BCUT2D eigenvalue weighted by Crippen LogP contribution is 2.19. The van der Waals surface area contributed by atoms with Gasteiger partial charge in [0.1, 0.15) is 5.92 Å². The zero-order valence-electron chi connectivity index (χ0n) is 12.2. The third-order valence-corrected chi connectivity index (χ3v) is 3.67. The van der Waals surface area contributed by atoms with Crippen LogP contribution in [-0.4, -0.2) is 48.2 Å². The van der Waals surface area contributed by atoms with Crippen LogP contribution in [0.4, 0.5) is 0 Å². The zero-order valence-corrected chi connectivity index (χ0v) is 12.2. The monoisotopic (exact) mass is 289 g/mol. The minimum Gasteiger partial charge on any atom is -0.481 e. The summed E-state index contributed by atoms with van der Waals surface area (Å²) in [4.78, 5) is 24.7. The summed E-state index contributed by atoms with van der Waals surface area (Å²) in [7, 11) is 1.61. The summed E-state index contributed by atoms with van der Waals surface area (Å²) < 4.78 is 5.18. The molecule has 2 rings (SSSR count). The van der Waals surface area contributed by atoms with Crippen molar-refractivity contribution in [1.29, 1.82) is 0 Å². The molecular formula is C16H19NO4. The lowest BCUT2D eigenvalue weighted by atomic mass is 10.0. The number of aryl methyl sites for hydroxylation is 1. The molecule has 0 saturated carbocycles. The first-order chi connectivity index (χ1) is 9.99. The fraction of sp³-hybridized carbons (Fsp3) is 0.375. The van der Waals surface area contributed by atoms with Gasteiger partial charge in [-0.2, -0.15) is 0 Å². The van der Waals surface area contributed by atoms with Crippen LogP contribution in [0.2, 0.25) is 0 Å². The van der Waals surface area contributed by atoms with Gasteiger partial charge in [0.15, 0.2) is 0 Å². The molecule has 21 heavy (non-hydrogen) atoms. The number of rotatable bonds is 4. The van der Waals surface area contributed by atoms with Crippen molar-refractivity contribution in [2.45, 2.75) is 13.0 Å². The molecule has 1 fully saturated rings. The van der Waals surface area contributed by atoms with E-state index in [-0.39, 0.29) is 19.1 Å². The highest BCUT2D eigenvalue weighted by atomic mass is 16.5. The number of aliphatic carboxylic acids is 1. The first-order valence-electron chi connectivity index (χ1n) is 6.81. The number of benzene rings is 1. The Balaban J connectivity index is 2.04. The van der Waals surface area contributed by atoms with Gasteiger partial charge in [-0.3, -0.25) is 9.59 Å². The standard InChI is InChI=1S/C16H19NO4/c1-11-4-3-5-12(8-11)6-7-15(18)17(2)14-10-21-9-13(14)16(19)20/h3-8,13-14H,9-10H2,1-2H3,(H,19,20). The minimum atomic E-state index is -0.931. The fourth-order valence-corrected chi connectivity index (χ4v) is 2.38. The summed E-state index contributed by atoms with van der Waals surface area (Å²) in [6.45, 7) is 2.40. The van der Waals surface area contributed by atoms with E-state index in [2.05, 4.69) is 0 Å². The van der Waals surface area contributed by atoms with Crippen molar-refractivity contribution in [2.24, 2.45) is 5.92 Å². The second-order valence-corrected chi connectivity index (χ2v) is 5.25. The Morgan fingerprint density at radius 2 is 2.14 bits per heavy atom. The van der Waals surface area contributed by atoms with E-state index in [1.807, 2.05) is 31.2 Å². The molecule has 0 aliphatic carbocycles. The molecule has 1 aliphatic heterocycles. The van der Waals surface area contributed by atoms with E-state index in [0.29, 0.717) is 0 Å². The molecule has 112 valence electrons. The number of hydrogen-bond donors (Lipinski definition) is 1. The molecule has 1 aliphatic rings. The number of carboxylic acid groups (broad SMARTS) is 1. The second-order valence-electron chi connectivity index (χ2n) is 5.25. The summed E-state index contributed by atoms with van der Waals surface area (Å²) in [5, 5.41) is 9.12. The van der Waals surface area contributed by atoms with Crippen LogP contribution in [0.5, 0.6) is 0 Å². The average Bonchev–Trinajstić information content (AvgIpc) is 2.93. The number of carbonyl (C=O) groups is 2. The van der Waals surface area contributed by atoms with Gasteiger partial charge in [0, 0.05) is 13.1 Å². The Morgan fingerprint density at radius 3 is 2.81 bits per heavy atom. The summed E-state index contributed by atoms with van der Waals surface area (Å²) in [5.41, 5.74) is 2.06. The van der Waals surface area contributed by atoms with E-state index < -0.39 is 17.9 Å². The molecule has 5 heteroatoms. The van der Waals surface area contributed by atoms with Gasteiger partial charge in [-0.25, -0.2) is 0 Å². The first-order valence-corrected chi connectivity index (χ1v) is 6.81. The van der Waals surface area contributed by atoms with Gasteiger partial charge in [0.05, 0.1) is 19.3 Å². The topological polar surface area (TPSA) is 66.8 Å². The van der Waals surface area contributed by atoms with Crippen molar-refractivity contribution in [3.05, 3.63) is 41.5 Å². The third kappa shape index (κ3) is 3.70. The lowest BCUT2D eigenvalue weighted by molar-refractivity contribution is -0.143. The molecule has 1 saturated heterocycles. The smallest absolute Gasteiger partial charge is 0.311 e. The Kier molecular flexibility index (Phi) is 4.75. The third-order valence-electron chi connectivity index (χ3n) is 3.67. The average molecular weight is 289 g/mol. The zero-order chi connectivity index (χ0) is 15.4. The summed E-state index contributed by atoms with van der Waals surface area (Å²) >= 11 is 0. The predicted octanol–water partition coefficient (Wildman–Crippen LogP) is 1.57. The van der Waals surface area contributed by atoms with Gasteiger partial charge >= 0.3 is 5.97 Å². The number of likely N-dealkylation sites (N-methyl/N-ethyl adjacent to an activating group) is 1. The number of hydrogen-bond acceptors (Lipinski definition) is 3. The minimum absolute atomic E-state index is 0.152. The molecule has 1 aromatic rings. The van der Waals surface area contributed by atoms with E-state index in [1.165, 1.54) is 11.0 Å². The number of ether oxygens (including phenoxy) is 1. The van der Waals surface area contributed by atoms with E-state index in [4.69, 9.17) is 9.84 Å². The van der Waals surface area contributed by atoms with Crippen LogP contribution in [0.15, 0.2) is 30.3 Å². The van der Waals surface area contributed by atoms with E-state index in [0.717, 1.165) is 11.1 Å². The highest BCUT2D eigenvalue weighted by molar-refractivity contribution is 5.92. The molecule has 1 aromatic carbocycles. The van der Waals surface area contributed by atoms with Crippen LogP contribution < -0.4 is 0 Å². The van der Waals surface area contributed by atoms with E-state index in [1.54, 1.807) is 13.1 Å². The van der Waals surface area contributed by atoms with E-state index >= 15 is 0 Å². The Hall–Kier alpha value is -2.14. The Bertz CT molecular complexity index is 567. The molecule has 2 unspecified atom stereocenters. The number of carbonyl (C=O) groups excluding carboxylic acids is 1. The van der Waals surface area contributed by atoms with Crippen molar-refractivity contribution in [3.8, 4) is 0 Å². The quantitative estimate of drug-likeness (QED) is 0.854. The van der Waals surface area contributed by atoms with Crippen LogP contribution in [0.1, 0.15) is 11.1 Å². The normalized spacial score (nSPS) is 21.6. The van der Waals surface area contributed by atoms with Crippen molar-refractivity contribution in [2.75, 3.05) is 20.3 Å². The second kappa shape index (κ2) is 6.54. The molecule has 0 aromatic heterocycles. The van der Waals surface area contributed by atoms with Crippen LogP contribution in [-0.2, 0) is 14.3 Å². The van der Waals surface area contributed by atoms with Gasteiger partial charge in [-0.05, 0) is 18.6 Å². The lowest BCUT2D eigenvalue weighted by Crippen LogP contribution is -2.43. The Labute approximate surface area is 123 Å². The largest absolute Gasteiger partial charge is 0.481 e. The molecule has 0 bridgehead atoms. The van der Waals surface area contributed by atoms with Crippen LogP contribution in [0.25, 0.3) is 6.08 Å². The van der Waals surface area contributed by atoms with E-state index in [9.17, 15) is 9.59 Å². The Morgan fingerprint density at radius 1 is 1.38 bits per heavy atom. The van der Waals surface area contributed by atoms with Gasteiger partial charge in [0.25, 0.3) is 0 Å². The van der Waals surface area contributed by atoms with Crippen LogP contribution in [0.3, 0.4) is 0 Å². The summed E-state index contributed by atoms with van der Waals surface area (Å²) in [6.07, 6.45) is 3.20. The number of amides is 1. The maximum Gasteiger partial charge on any atom is 0.311 e. The number of nitrogens with zero attached hydrogens (tertiary/aromatic N) is 1. The molecule has 5 nitrogen and oxygen atoms in total. The number of carboxylic acids is 1. The van der Waals surface area contributed by atoms with Crippen molar-refractivity contribution in [3.63, 3.8) is 0 Å². The van der Waals surface area contributed by atoms with Crippen molar-refractivity contribution in [1.82, 2.24) is 4.90 Å². The fourth-order valence-electron chi connectivity index (χ4n) is 2.38. The van der Waals surface area contributed by atoms with Gasteiger partial charge in [0.2, 0.25) is 5.91 Å². The molecule has 0 spiro atoms. The van der Waals surface area contributed by atoms with Gasteiger partial charge in [-0.15, -0.1) is 0 Å². The summed E-state index contributed by atoms with van der Waals surface area (Å²) in [5.74, 6) is -1.82. The lowest BCUT2D eigenvalue weighted by Gasteiger charge is -2.25. The maximum atomic E-state index is 12.1. The first kappa shape index (κ1) is 15.3. The van der Waals surface area contributed by atoms with Crippen LogP contribution in [0, 0.1) is 12.8 Å². The molecule has 1 amide bonds. The molecular weight excluding hydrogens is 270 g/mol. The highest BCUT2D eigenvalue weighted by Gasteiger charge is 2.37. The maximum absolute atomic E-state index is 12.1. The van der Waals surface area contributed by atoms with Gasteiger partial charge in [-0.1, -0.05) is 29.8 Å². The van der Waals surface area contributed by atoms with Crippen LogP contribution >= 0.6 is 0 Å². The van der Waals surface area contributed by atoms with Gasteiger partial charge < -0.3 is 14.7 Å². The predicted molar refractivity (Wildman–Crippen MR) is 78.7 cm³/mol. The molecule has 1 N–H and O–H groups in total. The summed E-state index contributed by atoms with van der Waals surface area (Å²) in [6, 6.07) is 7.38. The SMILES string of the molecule is Cc1cccc(C=CC(=O)N(C)C2COCC2C(=O)O)c1.